The van der Waals surface area contributed by atoms with Gasteiger partial charge < -0.3 is 14.8 Å². The molecule has 0 aliphatic carbocycles. The van der Waals surface area contributed by atoms with Gasteiger partial charge in [-0.15, -0.1) is 0 Å². The molecular formula is C21H18N4O3. The molecule has 7 heteroatoms. The number of anilines is 1. The number of hydrogen-bond donors (Lipinski definition) is 1. The first-order valence-corrected chi connectivity index (χ1v) is 8.67. The van der Waals surface area contributed by atoms with Crippen LogP contribution in [0.25, 0.3) is 5.65 Å². The first-order valence-electron chi connectivity index (χ1n) is 8.67. The molecule has 1 amide bonds. The quantitative estimate of drug-likeness (QED) is 0.569. The second kappa shape index (κ2) is 7.40. The van der Waals surface area contributed by atoms with E-state index in [0.717, 1.165) is 5.65 Å². The molecule has 0 aliphatic heterocycles. The topological polar surface area (TPSA) is 77.8 Å². The van der Waals surface area contributed by atoms with Crippen molar-refractivity contribution in [1.29, 1.82) is 0 Å². The Hall–Kier alpha value is -3.87. The standard InChI is InChI=1S/C21H18N4O3/c1-14-20(25-12-6-5-9-18(25)23-14)21(26)24-15-10-11-19(22-13-15)28-17-8-4-3-7-16(17)27-2/h3-13H,1-2H3,(H,24,26). The number of amides is 1. The van der Waals surface area contributed by atoms with E-state index in [1.54, 1.807) is 35.9 Å². The largest absolute Gasteiger partial charge is 0.493 e. The molecular weight excluding hydrogens is 356 g/mol. The molecule has 0 atom stereocenters. The molecule has 0 aliphatic rings. The van der Waals surface area contributed by atoms with Crippen molar-refractivity contribution in [3.05, 3.63) is 78.4 Å². The van der Waals surface area contributed by atoms with Crippen LogP contribution >= 0.6 is 0 Å². The molecule has 0 fully saturated rings. The van der Waals surface area contributed by atoms with Gasteiger partial charge in [-0.2, -0.15) is 0 Å². The third-order valence-corrected chi connectivity index (χ3v) is 4.20. The Bertz CT molecular complexity index is 1140. The lowest BCUT2D eigenvalue weighted by atomic mass is 10.3. The Morgan fingerprint density at radius 2 is 1.82 bits per heavy atom. The van der Waals surface area contributed by atoms with Crippen LogP contribution in [0.5, 0.6) is 17.4 Å². The Labute approximate surface area is 161 Å². The minimum atomic E-state index is -0.253. The van der Waals surface area contributed by atoms with E-state index in [9.17, 15) is 4.79 Å². The highest BCUT2D eigenvalue weighted by Crippen LogP contribution is 2.30. The maximum Gasteiger partial charge on any atom is 0.274 e. The van der Waals surface area contributed by atoms with Gasteiger partial charge in [-0.05, 0) is 37.3 Å². The molecule has 0 saturated carbocycles. The number of pyridine rings is 2. The number of methoxy groups -OCH3 is 1. The van der Waals surface area contributed by atoms with E-state index in [4.69, 9.17) is 9.47 Å². The summed E-state index contributed by atoms with van der Waals surface area (Å²) in [4.78, 5) is 21.4. The van der Waals surface area contributed by atoms with Crippen LogP contribution in [-0.4, -0.2) is 27.4 Å². The maximum atomic E-state index is 12.7. The van der Waals surface area contributed by atoms with Crippen molar-refractivity contribution in [2.24, 2.45) is 0 Å². The van der Waals surface area contributed by atoms with Gasteiger partial charge in [-0.3, -0.25) is 9.20 Å². The zero-order valence-electron chi connectivity index (χ0n) is 15.4. The molecule has 3 aromatic heterocycles. The summed E-state index contributed by atoms with van der Waals surface area (Å²) in [6.07, 6.45) is 3.36. The number of carbonyl (C=O) groups is 1. The molecule has 3 heterocycles. The lowest BCUT2D eigenvalue weighted by Gasteiger charge is -2.10. The summed E-state index contributed by atoms with van der Waals surface area (Å²) < 4.78 is 12.8. The number of para-hydroxylation sites is 2. The van der Waals surface area contributed by atoms with E-state index in [1.807, 2.05) is 49.5 Å². The maximum absolute atomic E-state index is 12.7. The predicted molar refractivity (Wildman–Crippen MR) is 105 cm³/mol. The summed E-state index contributed by atoms with van der Waals surface area (Å²) in [7, 11) is 1.58. The van der Waals surface area contributed by atoms with Crippen LogP contribution in [0, 0.1) is 6.92 Å². The molecule has 28 heavy (non-hydrogen) atoms. The van der Waals surface area contributed by atoms with Gasteiger partial charge in [0.2, 0.25) is 5.88 Å². The number of aromatic nitrogens is 3. The molecule has 4 rings (SSSR count). The normalized spacial score (nSPS) is 10.6. The fourth-order valence-electron chi connectivity index (χ4n) is 2.91. The van der Waals surface area contributed by atoms with Crippen LogP contribution in [0.1, 0.15) is 16.2 Å². The number of benzene rings is 1. The molecule has 4 aromatic rings. The minimum Gasteiger partial charge on any atom is -0.493 e. The second-order valence-electron chi connectivity index (χ2n) is 6.07. The van der Waals surface area contributed by atoms with Gasteiger partial charge in [0.05, 0.1) is 24.7 Å². The number of ether oxygens (including phenoxy) is 2. The predicted octanol–water partition coefficient (Wildman–Crippen LogP) is 4.09. The molecule has 1 N–H and O–H groups in total. The number of hydrogen-bond acceptors (Lipinski definition) is 5. The Kier molecular flexibility index (Phi) is 4.63. The lowest BCUT2D eigenvalue weighted by molar-refractivity contribution is 0.102. The zero-order chi connectivity index (χ0) is 19.5. The molecule has 0 bridgehead atoms. The number of imidazole rings is 1. The summed E-state index contributed by atoms with van der Waals surface area (Å²) in [5.74, 6) is 1.32. The van der Waals surface area contributed by atoms with Crippen molar-refractivity contribution in [3.8, 4) is 17.4 Å². The summed E-state index contributed by atoms with van der Waals surface area (Å²) in [6.45, 7) is 1.81. The zero-order valence-corrected chi connectivity index (χ0v) is 15.4. The number of nitrogens with zero attached hydrogens (tertiary/aromatic N) is 3. The van der Waals surface area contributed by atoms with E-state index in [-0.39, 0.29) is 5.91 Å². The van der Waals surface area contributed by atoms with Gasteiger partial charge in [0.1, 0.15) is 11.3 Å². The average molecular weight is 374 g/mol. The number of rotatable bonds is 5. The monoisotopic (exact) mass is 374 g/mol. The van der Waals surface area contributed by atoms with E-state index in [2.05, 4.69) is 15.3 Å². The highest BCUT2D eigenvalue weighted by Gasteiger charge is 2.16. The Morgan fingerprint density at radius 3 is 2.57 bits per heavy atom. The number of carbonyl (C=O) groups excluding carboxylic acids is 1. The molecule has 0 spiro atoms. The van der Waals surface area contributed by atoms with Crippen molar-refractivity contribution in [1.82, 2.24) is 14.4 Å². The van der Waals surface area contributed by atoms with Gasteiger partial charge in [0, 0.05) is 12.3 Å². The van der Waals surface area contributed by atoms with Crippen molar-refractivity contribution >= 4 is 17.2 Å². The van der Waals surface area contributed by atoms with Crippen LogP contribution in [0.3, 0.4) is 0 Å². The van der Waals surface area contributed by atoms with Crippen LogP contribution in [-0.2, 0) is 0 Å². The highest BCUT2D eigenvalue weighted by molar-refractivity contribution is 6.04. The molecule has 7 nitrogen and oxygen atoms in total. The molecule has 0 unspecified atom stereocenters. The van der Waals surface area contributed by atoms with Crippen LogP contribution in [0.4, 0.5) is 5.69 Å². The first kappa shape index (κ1) is 17.5. The van der Waals surface area contributed by atoms with E-state index in [1.165, 1.54) is 0 Å². The van der Waals surface area contributed by atoms with Crippen molar-refractivity contribution in [2.45, 2.75) is 6.92 Å². The van der Waals surface area contributed by atoms with E-state index in [0.29, 0.717) is 34.5 Å². The van der Waals surface area contributed by atoms with E-state index < -0.39 is 0 Å². The highest BCUT2D eigenvalue weighted by atomic mass is 16.5. The first-order chi connectivity index (χ1) is 13.7. The SMILES string of the molecule is COc1ccccc1Oc1ccc(NC(=O)c2c(C)nc3ccccn23)cn1. The van der Waals surface area contributed by atoms with Crippen LogP contribution in [0.15, 0.2) is 67.0 Å². The van der Waals surface area contributed by atoms with Crippen LogP contribution < -0.4 is 14.8 Å². The van der Waals surface area contributed by atoms with Crippen molar-refractivity contribution in [3.63, 3.8) is 0 Å². The molecule has 0 radical (unpaired) electrons. The fraction of sp³-hybridized carbons (Fsp3) is 0.0952. The third kappa shape index (κ3) is 3.37. The van der Waals surface area contributed by atoms with Gasteiger partial charge in [0.25, 0.3) is 5.91 Å². The van der Waals surface area contributed by atoms with Gasteiger partial charge in [-0.25, -0.2) is 9.97 Å². The number of aryl methyl sites for hydroxylation is 1. The average Bonchev–Trinajstić information content (AvgIpc) is 3.05. The summed E-state index contributed by atoms with van der Waals surface area (Å²) in [6, 6.07) is 16.3. The van der Waals surface area contributed by atoms with Gasteiger partial charge in [-0.1, -0.05) is 18.2 Å². The number of fused-ring (bicyclic) bond motifs is 1. The van der Waals surface area contributed by atoms with E-state index >= 15 is 0 Å². The Balaban J connectivity index is 1.51. The summed E-state index contributed by atoms with van der Waals surface area (Å²) in [5.41, 5.74) is 2.43. The van der Waals surface area contributed by atoms with Crippen molar-refractivity contribution in [2.75, 3.05) is 12.4 Å². The summed E-state index contributed by atoms with van der Waals surface area (Å²) in [5, 5.41) is 2.85. The van der Waals surface area contributed by atoms with Gasteiger partial charge >= 0.3 is 0 Å². The fourth-order valence-corrected chi connectivity index (χ4v) is 2.91. The lowest BCUT2D eigenvalue weighted by Crippen LogP contribution is -2.15. The van der Waals surface area contributed by atoms with Crippen molar-refractivity contribution < 1.29 is 14.3 Å². The van der Waals surface area contributed by atoms with Crippen LogP contribution in [0.2, 0.25) is 0 Å². The molecule has 0 saturated heterocycles. The minimum absolute atomic E-state index is 0.253. The third-order valence-electron chi connectivity index (χ3n) is 4.20. The number of nitrogens with one attached hydrogen (secondary N) is 1. The second-order valence-corrected chi connectivity index (χ2v) is 6.07. The summed E-state index contributed by atoms with van der Waals surface area (Å²) >= 11 is 0. The smallest absolute Gasteiger partial charge is 0.274 e. The van der Waals surface area contributed by atoms with Gasteiger partial charge in [0.15, 0.2) is 11.5 Å². The Morgan fingerprint density at radius 1 is 1.04 bits per heavy atom. The molecule has 1 aromatic carbocycles. The molecule has 140 valence electrons.